The summed E-state index contributed by atoms with van der Waals surface area (Å²) >= 11 is 7.16. The van der Waals surface area contributed by atoms with Crippen LogP contribution in [0, 0.1) is 0 Å². The van der Waals surface area contributed by atoms with Crippen molar-refractivity contribution in [3.05, 3.63) is 23.4 Å². The predicted octanol–water partition coefficient (Wildman–Crippen LogP) is 1.54. The normalized spacial score (nSPS) is 15.1. The van der Waals surface area contributed by atoms with Gasteiger partial charge in [-0.15, -0.1) is 0 Å². The van der Waals surface area contributed by atoms with Crippen LogP contribution >= 0.6 is 23.4 Å². The molecule has 2 unspecified atom stereocenters. The third kappa shape index (κ3) is 3.46. The van der Waals surface area contributed by atoms with Crippen LogP contribution in [-0.2, 0) is 0 Å². The molecule has 0 spiro atoms. The smallest absolute Gasteiger partial charge is 0.0965 e. The average Bonchev–Trinajstić information content (AvgIpc) is 2.16. The maximum atomic E-state index is 9.06. The van der Waals surface area contributed by atoms with Crippen LogP contribution in [0.5, 0.6) is 0 Å². The molecule has 14 heavy (non-hydrogen) atoms. The topological polar surface area (TPSA) is 59.1 Å². The number of aliphatic hydroxyl groups excluding tert-OH is 1. The summed E-state index contributed by atoms with van der Waals surface area (Å²) in [4.78, 5) is 4.11. The number of nitrogens with two attached hydrogens (primary N) is 1. The predicted molar refractivity (Wildman–Crippen MR) is 59.6 cm³/mol. The molecule has 0 saturated heterocycles. The van der Waals surface area contributed by atoms with Gasteiger partial charge in [0.2, 0.25) is 0 Å². The van der Waals surface area contributed by atoms with E-state index in [1.165, 1.54) is 11.8 Å². The molecule has 0 aromatic carbocycles. The fourth-order valence-electron chi connectivity index (χ4n) is 0.898. The van der Waals surface area contributed by atoms with E-state index in [0.717, 1.165) is 5.03 Å². The first-order valence-corrected chi connectivity index (χ1v) is 5.54. The van der Waals surface area contributed by atoms with Gasteiger partial charge in [-0.05, 0) is 19.1 Å². The van der Waals surface area contributed by atoms with Crippen molar-refractivity contribution in [1.82, 2.24) is 4.98 Å². The number of halogens is 1. The molecule has 3 N–H and O–H groups in total. The first-order valence-electron chi connectivity index (χ1n) is 4.28. The molecule has 1 aromatic heterocycles. The second-order valence-electron chi connectivity index (χ2n) is 3.01. The van der Waals surface area contributed by atoms with Crippen molar-refractivity contribution in [1.29, 1.82) is 0 Å². The third-order valence-corrected chi connectivity index (χ3v) is 3.33. The fraction of sp³-hybridized carbons (Fsp3) is 0.444. The summed E-state index contributed by atoms with van der Waals surface area (Å²) in [6.45, 7) is 1.91. The number of pyridine rings is 1. The monoisotopic (exact) mass is 232 g/mol. The van der Waals surface area contributed by atoms with E-state index in [1.807, 2.05) is 13.0 Å². The van der Waals surface area contributed by atoms with E-state index >= 15 is 0 Å². The average molecular weight is 233 g/mol. The summed E-state index contributed by atoms with van der Waals surface area (Å²) < 4.78 is 0. The molecule has 3 nitrogen and oxygen atoms in total. The van der Waals surface area contributed by atoms with Crippen LogP contribution in [0.4, 0.5) is 0 Å². The minimum atomic E-state index is -0.0671. The lowest BCUT2D eigenvalue weighted by atomic mass is 10.3. The van der Waals surface area contributed by atoms with Crippen LogP contribution < -0.4 is 5.73 Å². The molecule has 0 amide bonds. The van der Waals surface area contributed by atoms with E-state index in [0.29, 0.717) is 5.02 Å². The molecule has 0 radical (unpaired) electrons. The Bertz CT molecular complexity index is 279. The van der Waals surface area contributed by atoms with E-state index in [2.05, 4.69) is 4.98 Å². The van der Waals surface area contributed by atoms with Crippen LogP contribution in [0.3, 0.4) is 0 Å². The molecule has 2 atom stereocenters. The second kappa shape index (κ2) is 5.56. The maximum Gasteiger partial charge on any atom is 0.0965 e. The van der Waals surface area contributed by atoms with Crippen LogP contribution in [-0.4, -0.2) is 28.0 Å². The molecule has 0 bridgehead atoms. The van der Waals surface area contributed by atoms with Crippen molar-refractivity contribution in [3.63, 3.8) is 0 Å². The van der Waals surface area contributed by atoms with E-state index in [-0.39, 0.29) is 17.9 Å². The molecule has 78 valence electrons. The molecule has 0 saturated carbocycles. The minimum absolute atomic E-state index is 0.0244. The van der Waals surface area contributed by atoms with Gasteiger partial charge < -0.3 is 10.8 Å². The second-order valence-corrected chi connectivity index (χ2v) is 4.71. The number of rotatable bonds is 4. The molecule has 1 aromatic rings. The maximum absolute atomic E-state index is 9.06. The molecule has 0 fully saturated rings. The summed E-state index contributed by atoms with van der Waals surface area (Å²) in [6, 6.07) is 3.52. The first kappa shape index (κ1) is 11.8. The quantitative estimate of drug-likeness (QED) is 0.774. The third-order valence-electron chi connectivity index (χ3n) is 1.74. The Morgan fingerprint density at radius 3 is 2.79 bits per heavy atom. The van der Waals surface area contributed by atoms with Gasteiger partial charge in [-0.1, -0.05) is 23.4 Å². The van der Waals surface area contributed by atoms with E-state index in [9.17, 15) is 0 Å². The van der Waals surface area contributed by atoms with Gasteiger partial charge in [0, 0.05) is 17.5 Å². The van der Waals surface area contributed by atoms with Gasteiger partial charge >= 0.3 is 0 Å². The van der Waals surface area contributed by atoms with E-state index in [1.54, 1.807) is 12.3 Å². The molecule has 1 rings (SSSR count). The van der Waals surface area contributed by atoms with Gasteiger partial charge in [0.15, 0.2) is 0 Å². The Hall–Kier alpha value is -0.290. The summed E-state index contributed by atoms with van der Waals surface area (Å²) in [7, 11) is 0. The number of aliphatic hydroxyl groups is 1. The fourth-order valence-corrected chi connectivity index (χ4v) is 1.87. The molecular weight excluding hydrogens is 220 g/mol. The highest BCUT2D eigenvalue weighted by Crippen LogP contribution is 2.23. The van der Waals surface area contributed by atoms with Crippen LogP contribution in [0.25, 0.3) is 0 Å². The Kier molecular flexibility index (Phi) is 4.68. The Balaban J connectivity index is 2.63. The molecule has 1 heterocycles. The van der Waals surface area contributed by atoms with Crippen molar-refractivity contribution >= 4 is 23.4 Å². The summed E-state index contributed by atoms with van der Waals surface area (Å²) in [5.74, 6) is 0. The van der Waals surface area contributed by atoms with E-state index < -0.39 is 0 Å². The lowest BCUT2D eigenvalue weighted by Crippen LogP contribution is -2.31. The van der Waals surface area contributed by atoms with Crippen molar-refractivity contribution in [3.8, 4) is 0 Å². The highest BCUT2D eigenvalue weighted by molar-refractivity contribution is 7.99. The zero-order chi connectivity index (χ0) is 10.6. The Labute approximate surface area is 92.7 Å². The van der Waals surface area contributed by atoms with Crippen LogP contribution in [0.1, 0.15) is 6.92 Å². The largest absolute Gasteiger partial charge is 0.395 e. The number of thioether (sulfide) groups is 1. The van der Waals surface area contributed by atoms with Crippen molar-refractivity contribution in [2.75, 3.05) is 6.61 Å². The zero-order valence-electron chi connectivity index (χ0n) is 7.85. The summed E-state index contributed by atoms with van der Waals surface area (Å²) in [5.41, 5.74) is 5.69. The van der Waals surface area contributed by atoms with Crippen molar-refractivity contribution in [2.24, 2.45) is 5.73 Å². The lowest BCUT2D eigenvalue weighted by Gasteiger charge is -2.16. The minimum Gasteiger partial charge on any atom is -0.395 e. The van der Waals surface area contributed by atoms with Gasteiger partial charge in [-0.2, -0.15) is 0 Å². The van der Waals surface area contributed by atoms with Crippen molar-refractivity contribution in [2.45, 2.75) is 23.2 Å². The molecular formula is C9H13ClN2OS. The molecule has 0 aliphatic heterocycles. The van der Waals surface area contributed by atoms with Crippen molar-refractivity contribution < 1.29 is 5.11 Å². The molecule has 0 aliphatic rings. The highest BCUT2D eigenvalue weighted by Gasteiger charge is 2.14. The van der Waals surface area contributed by atoms with Crippen LogP contribution in [0.15, 0.2) is 23.4 Å². The lowest BCUT2D eigenvalue weighted by molar-refractivity contribution is 0.285. The van der Waals surface area contributed by atoms with Gasteiger partial charge in [0.25, 0.3) is 0 Å². The number of hydrogen-bond donors (Lipinski definition) is 2. The van der Waals surface area contributed by atoms with Gasteiger partial charge in [-0.25, -0.2) is 4.98 Å². The molecule has 0 aliphatic carbocycles. The summed E-state index contributed by atoms with van der Waals surface area (Å²) in [5, 5.41) is 10.5. The first-order chi connectivity index (χ1) is 6.63. The highest BCUT2D eigenvalue weighted by atomic mass is 35.5. The number of aromatic nitrogens is 1. The summed E-state index contributed by atoms with van der Waals surface area (Å²) in [6.07, 6.45) is 1.58. The standard InChI is InChI=1S/C9H13ClN2OS/c1-6(11)8(5-13)14-9-3-2-7(10)4-12-9/h2-4,6,8,13H,5,11H2,1H3. The number of nitrogens with zero attached hydrogens (tertiary/aromatic N) is 1. The molecule has 5 heteroatoms. The van der Waals surface area contributed by atoms with E-state index in [4.69, 9.17) is 22.4 Å². The number of hydrogen-bond acceptors (Lipinski definition) is 4. The zero-order valence-corrected chi connectivity index (χ0v) is 9.42. The Morgan fingerprint density at radius 1 is 1.64 bits per heavy atom. The van der Waals surface area contributed by atoms with Gasteiger partial charge in [-0.3, -0.25) is 0 Å². The van der Waals surface area contributed by atoms with Gasteiger partial charge in [0.05, 0.1) is 16.7 Å². The van der Waals surface area contributed by atoms with Crippen LogP contribution in [0.2, 0.25) is 5.02 Å². The van der Waals surface area contributed by atoms with Gasteiger partial charge in [0.1, 0.15) is 0 Å². The Morgan fingerprint density at radius 2 is 2.36 bits per heavy atom. The SMILES string of the molecule is CC(N)C(CO)Sc1ccc(Cl)cn1.